The van der Waals surface area contributed by atoms with Crippen LogP contribution in [-0.4, -0.2) is 37.0 Å². The van der Waals surface area contributed by atoms with E-state index in [1.807, 2.05) is 6.07 Å². The van der Waals surface area contributed by atoms with Gasteiger partial charge < -0.3 is 9.64 Å². The molecule has 0 radical (unpaired) electrons. The average molecular weight is 246 g/mol. The highest BCUT2D eigenvalue weighted by molar-refractivity contribution is 5.96. The third-order valence-corrected chi connectivity index (χ3v) is 2.48. The molecule has 0 aliphatic rings. The molecular formula is C13H14N2O3. The standard InChI is InChI=1S/C13H14N2O3/c1-3-15(9-12(16)18-2)13(17)11-6-4-10(8-14)5-7-11/h4-7H,3,9H2,1-2H3. The van der Waals surface area contributed by atoms with Crippen LogP contribution in [0.4, 0.5) is 0 Å². The Balaban J connectivity index is 2.83. The summed E-state index contributed by atoms with van der Waals surface area (Å²) >= 11 is 0. The normalized spacial score (nSPS) is 9.39. The van der Waals surface area contributed by atoms with Crippen molar-refractivity contribution >= 4 is 11.9 Å². The number of likely N-dealkylation sites (N-methyl/N-ethyl adjacent to an activating group) is 1. The molecule has 0 aromatic heterocycles. The first-order valence-electron chi connectivity index (χ1n) is 5.48. The number of carbonyl (C=O) groups excluding carboxylic acids is 2. The first kappa shape index (κ1) is 13.7. The predicted octanol–water partition coefficient (Wildman–Crippen LogP) is 1.19. The molecule has 18 heavy (non-hydrogen) atoms. The second kappa shape index (κ2) is 6.40. The number of hydrogen-bond acceptors (Lipinski definition) is 4. The van der Waals surface area contributed by atoms with Gasteiger partial charge in [-0.3, -0.25) is 9.59 Å². The van der Waals surface area contributed by atoms with E-state index in [0.717, 1.165) is 0 Å². The van der Waals surface area contributed by atoms with E-state index in [0.29, 0.717) is 17.7 Å². The molecule has 5 nitrogen and oxygen atoms in total. The molecule has 0 aliphatic carbocycles. The van der Waals surface area contributed by atoms with Crippen LogP contribution in [0, 0.1) is 11.3 Å². The monoisotopic (exact) mass is 246 g/mol. The summed E-state index contributed by atoms with van der Waals surface area (Å²) in [6.45, 7) is 2.12. The van der Waals surface area contributed by atoms with Gasteiger partial charge in [-0.25, -0.2) is 0 Å². The van der Waals surface area contributed by atoms with E-state index < -0.39 is 5.97 Å². The lowest BCUT2D eigenvalue weighted by Crippen LogP contribution is -2.36. The second-order valence-corrected chi connectivity index (χ2v) is 3.58. The topological polar surface area (TPSA) is 70.4 Å². The van der Waals surface area contributed by atoms with Gasteiger partial charge in [-0.15, -0.1) is 0 Å². The number of rotatable bonds is 4. The largest absolute Gasteiger partial charge is 0.468 e. The summed E-state index contributed by atoms with van der Waals surface area (Å²) in [4.78, 5) is 24.6. The van der Waals surface area contributed by atoms with E-state index in [1.54, 1.807) is 31.2 Å². The minimum atomic E-state index is -0.459. The third-order valence-electron chi connectivity index (χ3n) is 2.48. The van der Waals surface area contributed by atoms with E-state index in [2.05, 4.69) is 4.74 Å². The van der Waals surface area contributed by atoms with Crippen LogP contribution in [-0.2, 0) is 9.53 Å². The van der Waals surface area contributed by atoms with Crippen molar-refractivity contribution in [1.29, 1.82) is 5.26 Å². The molecule has 0 N–H and O–H groups in total. The molecule has 0 unspecified atom stereocenters. The highest BCUT2D eigenvalue weighted by atomic mass is 16.5. The zero-order valence-electron chi connectivity index (χ0n) is 10.3. The number of methoxy groups -OCH3 is 1. The third kappa shape index (κ3) is 3.32. The number of esters is 1. The maximum Gasteiger partial charge on any atom is 0.325 e. The van der Waals surface area contributed by atoms with Gasteiger partial charge in [-0.05, 0) is 31.2 Å². The molecule has 0 bridgehead atoms. The van der Waals surface area contributed by atoms with Crippen LogP contribution in [0.25, 0.3) is 0 Å². The van der Waals surface area contributed by atoms with E-state index in [-0.39, 0.29) is 12.5 Å². The van der Waals surface area contributed by atoms with Crippen LogP contribution in [0.2, 0.25) is 0 Å². The van der Waals surface area contributed by atoms with Crippen molar-refractivity contribution in [3.8, 4) is 6.07 Å². The molecule has 0 spiro atoms. The lowest BCUT2D eigenvalue weighted by molar-refractivity contribution is -0.141. The summed E-state index contributed by atoms with van der Waals surface area (Å²) in [5, 5.41) is 8.67. The molecule has 1 aromatic carbocycles. The summed E-state index contributed by atoms with van der Waals surface area (Å²) in [6.07, 6.45) is 0. The second-order valence-electron chi connectivity index (χ2n) is 3.58. The molecule has 1 aromatic rings. The van der Waals surface area contributed by atoms with Crippen LogP contribution in [0.15, 0.2) is 24.3 Å². The number of amides is 1. The van der Waals surface area contributed by atoms with E-state index in [4.69, 9.17) is 5.26 Å². The molecule has 0 atom stereocenters. The molecule has 0 heterocycles. The predicted molar refractivity (Wildman–Crippen MR) is 64.8 cm³/mol. The summed E-state index contributed by atoms with van der Waals surface area (Å²) in [5.74, 6) is -0.716. The van der Waals surface area contributed by atoms with Gasteiger partial charge >= 0.3 is 5.97 Å². The zero-order valence-corrected chi connectivity index (χ0v) is 10.3. The molecular weight excluding hydrogens is 232 g/mol. The number of benzene rings is 1. The number of nitrogens with zero attached hydrogens (tertiary/aromatic N) is 2. The smallest absolute Gasteiger partial charge is 0.325 e. The molecule has 0 saturated heterocycles. The Kier molecular flexibility index (Phi) is 4.88. The number of hydrogen-bond donors (Lipinski definition) is 0. The fourth-order valence-electron chi connectivity index (χ4n) is 1.42. The van der Waals surface area contributed by atoms with Crippen LogP contribution >= 0.6 is 0 Å². The van der Waals surface area contributed by atoms with Gasteiger partial charge in [0.05, 0.1) is 18.7 Å². The van der Waals surface area contributed by atoms with Crippen molar-refractivity contribution in [2.24, 2.45) is 0 Å². The summed E-state index contributed by atoms with van der Waals surface area (Å²) in [7, 11) is 1.28. The summed E-state index contributed by atoms with van der Waals surface area (Å²) < 4.78 is 4.53. The maximum atomic E-state index is 12.1. The van der Waals surface area contributed by atoms with E-state index >= 15 is 0 Å². The highest BCUT2D eigenvalue weighted by Crippen LogP contribution is 2.07. The fraction of sp³-hybridized carbons (Fsp3) is 0.308. The Morgan fingerprint density at radius 1 is 1.33 bits per heavy atom. The van der Waals surface area contributed by atoms with Gasteiger partial charge in [-0.2, -0.15) is 5.26 Å². The molecule has 0 saturated carbocycles. The van der Waals surface area contributed by atoms with E-state index in [9.17, 15) is 9.59 Å². The molecule has 94 valence electrons. The zero-order chi connectivity index (χ0) is 13.5. The lowest BCUT2D eigenvalue weighted by atomic mass is 10.1. The van der Waals surface area contributed by atoms with Gasteiger partial charge in [0, 0.05) is 12.1 Å². The Morgan fingerprint density at radius 2 is 1.94 bits per heavy atom. The van der Waals surface area contributed by atoms with Crippen LogP contribution < -0.4 is 0 Å². The average Bonchev–Trinajstić information content (AvgIpc) is 2.43. The van der Waals surface area contributed by atoms with Crippen LogP contribution in [0.1, 0.15) is 22.8 Å². The van der Waals surface area contributed by atoms with Crippen molar-refractivity contribution < 1.29 is 14.3 Å². The first-order valence-corrected chi connectivity index (χ1v) is 5.48. The van der Waals surface area contributed by atoms with Crippen molar-refractivity contribution in [3.05, 3.63) is 35.4 Å². The van der Waals surface area contributed by atoms with Crippen molar-refractivity contribution in [2.75, 3.05) is 20.2 Å². The minimum absolute atomic E-state index is 0.0775. The van der Waals surface area contributed by atoms with Crippen molar-refractivity contribution in [3.63, 3.8) is 0 Å². The number of carbonyl (C=O) groups is 2. The van der Waals surface area contributed by atoms with Crippen molar-refractivity contribution in [1.82, 2.24) is 4.90 Å². The Bertz CT molecular complexity index is 474. The number of ether oxygens (including phenoxy) is 1. The fourth-order valence-corrected chi connectivity index (χ4v) is 1.42. The molecule has 0 aliphatic heterocycles. The summed E-state index contributed by atoms with van der Waals surface area (Å²) in [5.41, 5.74) is 0.933. The van der Waals surface area contributed by atoms with Gasteiger partial charge in [0.2, 0.25) is 0 Å². The van der Waals surface area contributed by atoms with Crippen molar-refractivity contribution in [2.45, 2.75) is 6.92 Å². The van der Waals surface area contributed by atoms with Gasteiger partial charge in [-0.1, -0.05) is 0 Å². The van der Waals surface area contributed by atoms with Crippen LogP contribution in [0.5, 0.6) is 0 Å². The van der Waals surface area contributed by atoms with Gasteiger partial charge in [0.1, 0.15) is 6.54 Å². The SMILES string of the molecule is CCN(CC(=O)OC)C(=O)c1ccc(C#N)cc1. The Labute approximate surface area is 106 Å². The molecule has 1 amide bonds. The lowest BCUT2D eigenvalue weighted by Gasteiger charge is -2.19. The maximum absolute atomic E-state index is 12.1. The van der Waals surface area contributed by atoms with Crippen LogP contribution in [0.3, 0.4) is 0 Å². The summed E-state index contributed by atoms with van der Waals surface area (Å²) in [6, 6.07) is 8.26. The van der Waals surface area contributed by atoms with Gasteiger partial charge in [0.25, 0.3) is 5.91 Å². The first-order chi connectivity index (χ1) is 8.62. The molecule has 1 rings (SSSR count). The molecule has 5 heteroatoms. The molecule has 0 fully saturated rings. The highest BCUT2D eigenvalue weighted by Gasteiger charge is 2.17. The number of nitriles is 1. The van der Waals surface area contributed by atoms with Gasteiger partial charge in [0.15, 0.2) is 0 Å². The Hall–Kier alpha value is -2.35. The van der Waals surface area contributed by atoms with E-state index in [1.165, 1.54) is 12.0 Å². The Morgan fingerprint density at radius 3 is 2.39 bits per heavy atom. The quantitative estimate of drug-likeness (QED) is 0.748. The minimum Gasteiger partial charge on any atom is -0.468 e.